The van der Waals surface area contributed by atoms with Crippen molar-refractivity contribution in [1.29, 1.82) is 0 Å². The molecule has 1 aliphatic rings. The van der Waals surface area contributed by atoms with E-state index in [1.54, 1.807) is 18.5 Å². The zero-order valence-corrected chi connectivity index (χ0v) is 13.0. The minimum atomic E-state index is -0.933. The molecule has 0 atom stereocenters. The molecule has 0 saturated carbocycles. The highest BCUT2D eigenvalue weighted by Crippen LogP contribution is 2.30. The van der Waals surface area contributed by atoms with E-state index in [1.807, 2.05) is 18.2 Å². The van der Waals surface area contributed by atoms with Crippen molar-refractivity contribution in [2.75, 3.05) is 6.54 Å². The largest absolute Gasteiger partial charge is 0.478 e. The van der Waals surface area contributed by atoms with Crippen LogP contribution in [0, 0.1) is 0 Å². The lowest BCUT2D eigenvalue weighted by molar-refractivity contribution is 0.0698. The summed E-state index contributed by atoms with van der Waals surface area (Å²) in [5.74, 6) is -0.933. The van der Waals surface area contributed by atoms with Gasteiger partial charge in [0.15, 0.2) is 0 Å². The van der Waals surface area contributed by atoms with Gasteiger partial charge in [-0.25, -0.2) is 4.79 Å². The lowest BCUT2D eigenvalue weighted by Gasteiger charge is -2.17. The predicted molar refractivity (Wildman–Crippen MR) is 91.8 cm³/mol. The second-order valence-corrected chi connectivity index (χ2v) is 5.92. The summed E-state index contributed by atoms with van der Waals surface area (Å²) >= 11 is 0. The number of H-pyrrole nitrogens is 1. The summed E-state index contributed by atoms with van der Waals surface area (Å²) in [6.07, 6.45) is 4.40. The van der Waals surface area contributed by atoms with Gasteiger partial charge in [-0.2, -0.15) is 0 Å². The summed E-state index contributed by atoms with van der Waals surface area (Å²) in [5, 5.41) is 12.9. The highest BCUT2D eigenvalue weighted by Gasteiger charge is 2.18. The third kappa shape index (κ3) is 2.59. The van der Waals surface area contributed by atoms with Crippen LogP contribution in [0.5, 0.6) is 0 Å². The Hall–Kier alpha value is -2.92. The second-order valence-electron chi connectivity index (χ2n) is 5.92. The normalized spacial score (nSPS) is 13.5. The fourth-order valence-corrected chi connectivity index (χ4v) is 3.17. The van der Waals surface area contributed by atoms with E-state index in [9.17, 15) is 9.90 Å². The van der Waals surface area contributed by atoms with Gasteiger partial charge in [0.25, 0.3) is 0 Å². The van der Waals surface area contributed by atoms with Gasteiger partial charge in [0.2, 0.25) is 0 Å². The quantitative estimate of drug-likeness (QED) is 0.693. The number of benzene rings is 1. The third-order valence-corrected chi connectivity index (χ3v) is 4.42. The van der Waals surface area contributed by atoms with E-state index >= 15 is 0 Å². The van der Waals surface area contributed by atoms with Gasteiger partial charge in [-0.15, -0.1) is 0 Å². The van der Waals surface area contributed by atoms with Gasteiger partial charge in [0.05, 0.1) is 11.3 Å². The van der Waals surface area contributed by atoms with Crippen LogP contribution in [0.1, 0.15) is 21.5 Å². The molecule has 3 heterocycles. The van der Waals surface area contributed by atoms with E-state index in [0.29, 0.717) is 5.69 Å². The fourth-order valence-electron chi connectivity index (χ4n) is 3.17. The number of fused-ring (bicyclic) bond motifs is 1. The number of nitrogens with zero attached hydrogens (tertiary/aromatic N) is 1. The van der Waals surface area contributed by atoms with Gasteiger partial charge >= 0.3 is 5.97 Å². The highest BCUT2D eigenvalue weighted by molar-refractivity contribution is 5.97. The molecule has 2 aromatic heterocycles. The van der Waals surface area contributed by atoms with E-state index in [0.717, 1.165) is 36.3 Å². The highest BCUT2D eigenvalue weighted by atomic mass is 16.4. The van der Waals surface area contributed by atoms with Crippen molar-refractivity contribution < 1.29 is 9.90 Å². The summed E-state index contributed by atoms with van der Waals surface area (Å²) in [6, 6.07) is 11.6. The molecule has 0 radical (unpaired) electrons. The molecule has 0 bridgehead atoms. The number of carbonyl (C=O) groups is 1. The molecule has 3 N–H and O–H groups in total. The minimum Gasteiger partial charge on any atom is -0.478 e. The Morgan fingerprint density at radius 3 is 2.67 bits per heavy atom. The third-order valence-electron chi connectivity index (χ3n) is 4.42. The lowest BCUT2D eigenvalue weighted by Crippen LogP contribution is -2.23. The summed E-state index contributed by atoms with van der Waals surface area (Å²) in [7, 11) is 0. The Morgan fingerprint density at radius 1 is 1.04 bits per heavy atom. The molecule has 24 heavy (non-hydrogen) atoms. The molecule has 0 amide bonds. The summed E-state index contributed by atoms with van der Waals surface area (Å²) in [4.78, 5) is 19.0. The first-order valence-corrected chi connectivity index (χ1v) is 7.92. The minimum absolute atomic E-state index is 0.283. The van der Waals surface area contributed by atoms with Gasteiger partial charge in [-0.3, -0.25) is 4.98 Å². The molecule has 0 fully saturated rings. The van der Waals surface area contributed by atoms with E-state index in [2.05, 4.69) is 27.4 Å². The number of aromatic nitrogens is 2. The van der Waals surface area contributed by atoms with Crippen LogP contribution in [-0.2, 0) is 13.0 Å². The SMILES string of the molecule is O=C(O)c1cc(-c2ccncc2)[nH]c1-c1ccc2c(c1)CNCC2. The molecule has 1 aliphatic heterocycles. The van der Waals surface area contributed by atoms with E-state index in [4.69, 9.17) is 0 Å². The van der Waals surface area contributed by atoms with Crippen LogP contribution >= 0.6 is 0 Å². The van der Waals surface area contributed by atoms with Crippen molar-refractivity contribution in [3.63, 3.8) is 0 Å². The van der Waals surface area contributed by atoms with Crippen LogP contribution in [0.25, 0.3) is 22.5 Å². The number of carboxylic acids is 1. The van der Waals surface area contributed by atoms with E-state index in [-0.39, 0.29) is 5.56 Å². The average molecular weight is 319 g/mol. The zero-order chi connectivity index (χ0) is 16.5. The van der Waals surface area contributed by atoms with Crippen LogP contribution in [-0.4, -0.2) is 27.6 Å². The average Bonchev–Trinajstić information content (AvgIpc) is 3.08. The number of aromatic carboxylic acids is 1. The molecular formula is C19H17N3O2. The number of hydrogen-bond acceptors (Lipinski definition) is 3. The van der Waals surface area contributed by atoms with Gasteiger partial charge in [-0.05, 0) is 53.9 Å². The van der Waals surface area contributed by atoms with Gasteiger partial charge < -0.3 is 15.4 Å². The monoisotopic (exact) mass is 319 g/mol. The molecule has 5 heteroatoms. The van der Waals surface area contributed by atoms with Crippen LogP contribution in [0.15, 0.2) is 48.8 Å². The molecule has 5 nitrogen and oxygen atoms in total. The molecule has 1 aromatic carbocycles. The first-order chi connectivity index (χ1) is 11.7. The molecule has 3 aromatic rings. The second kappa shape index (κ2) is 5.94. The smallest absolute Gasteiger partial charge is 0.337 e. The Kier molecular flexibility index (Phi) is 3.63. The summed E-state index contributed by atoms with van der Waals surface area (Å²) in [6.45, 7) is 1.81. The van der Waals surface area contributed by atoms with Gasteiger partial charge in [-0.1, -0.05) is 12.1 Å². The van der Waals surface area contributed by atoms with Crippen molar-refractivity contribution in [2.45, 2.75) is 13.0 Å². The Morgan fingerprint density at radius 2 is 1.88 bits per heavy atom. The molecule has 120 valence electrons. The summed E-state index contributed by atoms with van der Waals surface area (Å²) in [5.41, 5.74) is 6.08. The number of pyridine rings is 1. The van der Waals surface area contributed by atoms with Crippen molar-refractivity contribution in [2.24, 2.45) is 0 Å². The Labute approximate surface area is 139 Å². The van der Waals surface area contributed by atoms with Crippen LogP contribution in [0.3, 0.4) is 0 Å². The Bertz CT molecular complexity index is 900. The number of nitrogens with one attached hydrogen (secondary N) is 2. The molecular weight excluding hydrogens is 302 g/mol. The number of aromatic amines is 1. The maximum atomic E-state index is 11.7. The molecule has 0 saturated heterocycles. The first kappa shape index (κ1) is 14.7. The Balaban J connectivity index is 1.82. The van der Waals surface area contributed by atoms with Crippen LogP contribution in [0.2, 0.25) is 0 Å². The topological polar surface area (TPSA) is 78.0 Å². The lowest BCUT2D eigenvalue weighted by atomic mass is 9.96. The number of carboxylic acid groups (broad SMARTS) is 1. The number of hydrogen-bond donors (Lipinski definition) is 3. The predicted octanol–water partition coefficient (Wildman–Crippen LogP) is 3.09. The first-order valence-electron chi connectivity index (χ1n) is 7.92. The van der Waals surface area contributed by atoms with Crippen molar-refractivity contribution >= 4 is 5.97 Å². The van der Waals surface area contributed by atoms with Crippen molar-refractivity contribution in [3.05, 3.63) is 65.5 Å². The van der Waals surface area contributed by atoms with Crippen LogP contribution in [0.4, 0.5) is 0 Å². The fraction of sp³-hybridized carbons (Fsp3) is 0.158. The van der Waals surface area contributed by atoms with E-state index < -0.39 is 5.97 Å². The maximum absolute atomic E-state index is 11.7. The standard InChI is InChI=1S/C19H17N3O2/c23-19(24)16-10-17(13-4-6-20-7-5-13)22-18(16)14-2-1-12-3-8-21-11-15(12)9-14/h1-2,4-7,9-10,21-22H,3,8,11H2,(H,23,24). The maximum Gasteiger partial charge on any atom is 0.337 e. The molecule has 4 rings (SSSR count). The van der Waals surface area contributed by atoms with Crippen LogP contribution < -0.4 is 5.32 Å². The van der Waals surface area contributed by atoms with Crippen molar-refractivity contribution in [3.8, 4) is 22.5 Å². The van der Waals surface area contributed by atoms with Gasteiger partial charge in [0, 0.05) is 30.2 Å². The van der Waals surface area contributed by atoms with Gasteiger partial charge in [0.1, 0.15) is 0 Å². The number of rotatable bonds is 3. The zero-order valence-electron chi connectivity index (χ0n) is 13.0. The van der Waals surface area contributed by atoms with Crippen molar-refractivity contribution in [1.82, 2.24) is 15.3 Å². The summed E-state index contributed by atoms with van der Waals surface area (Å²) < 4.78 is 0. The van der Waals surface area contributed by atoms with E-state index in [1.165, 1.54) is 11.1 Å². The molecule has 0 spiro atoms. The molecule has 0 aliphatic carbocycles. The molecule has 0 unspecified atom stereocenters.